The molecule has 0 unspecified atom stereocenters. The first kappa shape index (κ1) is 19.9. The van der Waals surface area contributed by atoms with Gasteiger partial charge < -0.3 is 4.74 Å². The SMILES string of the molecule is O=C(c1ccccc1)[C@H]1OC(c2cccc([N+](=O)[O-])c2)=N[C@@H]1c1cccc([N+](=O)[O-])c1. The number of hydrogen-bond acceptors (Lipinski definition) is 7. The van der Waals surface area contributed by atoms with E-state index in [1.165, 1.54) is 36.4 Å². The van der Waals surface area contributed by atoms with Gasteiger partial charge in [0.15, 0.2) is 6.10 Å². The number of carbonyl (C=O) groups excluding carboxylic acids is 1. The number of hydrogen-bond donors (Lipinski definition) is 0. The minimum absolute atomic E-state index is 0.0643. The van der Waals surface area contributed by atoms with E-state index in [0.717, 1.165) is 0 Å². The van der Waals surface area contributed by atoms with Crippen LogP contribution in [0.15, 0.2) is 83.9 Å². The van der Waals surface area contributed by atoms with Gasteiger partial charge in [-0.2, -0.15) is 0 Å². The molecule has 1 aliphatic rings. The molecule has 2 atom stereocenters. The summed E-state index contributed by atoms with van der Waals surface area (Å²) in [5.41, 5.74) is 0.895. The van der Waals surface area contributed by atoms with E-state index in [2.05, 4.69) is 4.99 Å². The van der Waals surface area contributed by atoms with Gasteiger partial charge in [0.2, 0.25) is 11.7 Å². The Labute approximate surface area is 175 Å². The fourth-order valence-electron chi connectivity index (χ4n) is 3.34. The Kier molecular flexibility index (Phi) is 5.23. The monoisotopic (exact) mass is 417 g/mol. The molecular formula is C22H15N3O6. The summed E-state index contributed by atoms with van der Waals surface area (Å²) in [4.78, 5) is 38.9. The number of ketones is 1. The Hall–Kier alpha value is -4.40. The molecule has 9 heteroatoms. The topological polar surface area (TPSA) is 125 Å². The minimum atomic E-state index is -1.07. The average Bonchev–Trinajstić information content (AvgIpc) is 3.25. The standard InChI is InChI=1S/C22H15N3O6/c26-20(14-6-2-1-3-7-14)21-19(15-8-4-10-17(12-15)24(27)28)23-22(31-21)16-9-5-11-18(13-16)25(29)30/h1-13,19,21H/t19-,21+/m1/s1. The van der Waals surface area contributed by atoms with Gasteiger partial charge in [-0.3, -0.25) is 25.0 Å². The highest BCUT2D eigenvalue weighted by molar-refractivity contribution is 6.05. The molecular weight excluding hydrogens is 402 g/mol. The molecule has 0 bridgehead atoms. The number of Topliss-reactive ketones (excluding diaryl/α,β-unsaturated/α-hetero) is 1. The lowest BCUT2D eigenvalue weighted by atomic mass is 9.95. The molecule has 0 aromatic heterocycles. The normalized spacial score (nSPS) is 17.5. The van der Waals surface area contributed by atoms with Crippen LogP contribution >= 0.6 is 0 Å². The molecule has 3 aromatic carbocycles. The largest absolute Gasteiger partial charge is 0.463 e. The second-order valence-corrected chi connectivity index (χ2v) is 6.81. The number of aliphatic imine (C=N–C) groups is 1. The first-order chi connectivity index (χ1) is 14.9. The van der Waals surface area contributed by atoms with E-state index >= 15 is 0 Å². The van der Waals surface area contributed by atoms with Crippen molar-refractivity contribution in [1.29, 1.82) is 0 Å². The van der Waals surface area contributed by atoms with E-state index in [-0.39, 0.29) is 23.1 Å². The van der Waals surface area contributed by atoms with E-state index in [1.807, 2.05) is 0 Å². The number of rotatable bonds is 6. The molecule has 1 heterocycles. The van der Waals surface area contributed by atoms with Gasteiger partial charge in [0.25, 0.3) is 11.4 Å². The minimum Gasteiger partial charge on any atom is -0.463 e. The molecule has 0 amide bonds. The maximum atomic E-state index is 13.2. The molecule has 9 nitrogen and oxygen atoms in total. The second-order valence-electron chi connectivity index (χ2n) is 6.81. The first-order valence-corrected chi connectivity index (χ1v) is 9.27. The van der Waals surface area contributed by atoms with Crippen LogP contribution in [0.2, 0.25) is 0 Å². The third-order valence-corrected chi connectivity index (χ3v) is 4.82. The van der Waals surface area contributed by atoms with Crippen molar-refractivity contribution in [2.45, 2.75) is 12.1 Å². The van der Waals surface area contributed by atoms with Crippen molar-refractivity contribution >= 4 is 23.1 Å². The lowest BCUT2D eigenvalue weighted by Crippen LogP contribution is -2.27. The predicted octanol–water partition coefficient (Wildman–Crippen LogP) is 4.27. The zero-order valence-electron chi connectivity index (χ0n) is 16.0. The van der Waals surface area contributed by atoms with Gasteiger partial charge in [-0.05, 0) is 11.6 Å². The molecule has 4 rings (SSSR count). The van der Waals surface area contributed by atoms with E-state index in [1.54, 1.807) is 42.5 Å². The number of carbonyl (C=O) groups is 1. The molecule has 0 saturated heterocycles. The summed E-state index contributed by atoms with van der Waals surface area (Å²) in [5.74, 6) is -0.282. The number of nitro benzene ring substituents is 2. The summed E-state index contributed by atoms with van der Waals surface area (Å²) in [7, 11) is 0. The third-order valence-electron chi connectivity index (χ3n) is 4.82. The molecule has 1 aliphatic heterocycles. The average molecular weight is 417 g/mol. The van der Waals surface area contributed by atoms with Crippen LogP contribution < -0.4 is 0 Å². The zero-order chi connectivity index (χ0) is 22.0. The van der Waals surface area contributed by atoms with Gasteiger partial charge in [-0.25, -0.2) is 4.99 Å². The molecule has 0 aliphatic carbocycles. The van der Waals surface area contributed by atoms with Crippen LogP contribution in [0.25, 0.3) is 0 Å². The van der Waals surface area contributed by atoms with Crippen molar-refractivity contribution in [3.63, 3.8) is 0 Å². The molecule has 3 aromatic rings. The molecule has 0 fully saturated rings. The van der Waals surface area contributed by atoms with Crippen molar-refractivity contribution in [2.75, 3.05) is 0 Å². The van der Waals surface area contributed by atoms with Crippen LogP contribution in [-0.4, -0.2) is 27.6 Å². The van der Waals surface area contributed by atoms with E-state index in [9.17, 15) is 25.0 Å². The van der Waals surface area contributed by atoms with Gasteiger partial charge in [0.1, 0.15) is 6.04 Å². The number of ether oxygens (including phenoxy) is 1. The molecule has 0 saturated carbocycles. The Bertz CT molecular complexity index is 1210. The smallest absolute Gasteiger partial charge is 0.270 e. The summed E-state index contributed by atoms with van der Waals surface area (Å²) in [6.45, 7) is 0. The van der Waals surface area contributed by atoms with Crippen LogP contribution in [0.1, 0.15) is 27.5 Å². The van der Waals surface area contributed by atoms with E-state index < -0.39 is 22.0 Å². The molecule has 0 N–H and O–H groups in total. The Balaban J connectivity index is 1.77. The van der Waals surface area contributed by atoms with Gasteiger partial charge in [0, 0.05) is 35.4 Å². The van der Waals surface area contributed by atoms with E-state index in [0.29, 0.717) is 16.7 Å². The quantitative estimate of drug-likeness (QED) is 0.335. The van der Waals surface area contributed by atoms with Gasteiger partial charge in [0.05, 0.1) is 9.85 Å². The lowest BCUT2D eigenvalue weighted by Gasteiger charge is -2.17. The Morgan fingerprint density at radius 2 is 1.48 bits per heavy atom. The van der Waals surface area contributed by atoms with Crippen molar-refractivity contribution in [3.05, 3.63) is 116 Å². The summed E-state index contributed by atoms with van der Waals surface area (Å²) in [6.07, 6.45) is -1.07. The zero-order valence-corrected chi connectivity index (χ0v) is 16.0. The van der Waals surface area contributed by atoms with Gasteiger partial charge in [-0.15, -0.1) is 0 Å². The van der Waals surface area contributed by atoms with Crippen LogP contribution in [-0.2, 0) is 4.74 Å². The molecule has 154 valence electrons. The van der Waals surface area contributed by atoms with Crippen molar-refractivity contribution in [3.8, 4) is 0 Å². The highest BCUT2D eigenvalue weighted by Gasteiger charge is 2.39. The summed E-state index contributed by atoms with van der Waals surface area (Å²) in [5, 5.41) is 22.3. The van der Waals surface area contributed by atoms with Crippen LogP contribution in [0.5, 0.6) is 0 Å². The fraction of sp³-hybridized carbons (Fsp3) is 0.0909. The maximum absolute atomic E-state index is 13.2. The number of nitrogens with zero attached hydrogens (tertiary/aromatic N) is 3. The first-order valence-electron chi connectivity index (χ1n) is 9.27. The third kappa shape index (κ3) is 4.01. The molecule has 0 spiro atoms. The Morgan fingerprint density at radius 3 is 2.16 bits per heavy atom. The maximum Gasteiger partial charge on any atom is 0.270 e. The summed E-state index contributed by atoms with van der Waals surface area (Å²) >= 11 is 0. The van der Waals surface area contributed by atoms with E-state index in [4.69, 9.17) is 4.74 Å². The van der Waals surface area contributed by atoms with Crippen molar-refractivity contribution < 1.29 is 19.4 Å². The fourth-order valence-corrected chi connectivity index (χ4v) is 3.34. The highest BCUT2D eigenvalue weighted by atomic mass is 16.6. The van der Waals surface area contributed by atoms with Gasteiger partial charge >= 0.3 is 0 Å². The number of nitro groups is 2. The lowest BCUT2D eigenvalue weighted by molar-refractivity contribution is -0.385. The number of benzene rings is 3. The van der Waals surface area contributed by atoms with Gasteiger partial charge in [-0.1, -0.05) is 48.5 Å². The van der Waals surface area contributed by atoms with Crippen LogP contribution in [0.3, 0.4) is 0 Å². The predicted molar refractivity (Wildman–Crippen MR) is 111 cm³/mol. The highest BCUT2D eigenvalue weighted by Crippen LogP contribution is 2.35. The van der Waals surface area contributed by atoms with Crippen LogP contribution in [0, 0.1) is 20.2 Å². The van der Waals surface area contributed by atoms with Crippen LogP contribution in [0.4, 0.5) is 11.4 Å². The molecule has 31 heavy (non-hydrogen) atoms. The number of non-ortho nitro benzene ring substituents is 2. The Morgan fingerprint density at radius 1 is 0.839 bits per heavy atom. The van der Waals surface area contributed by atoms with Crippen molar-refractivity contribution in [1.82, 2.24) is 0 Å². The summed E-state index contributed by atoms with van der Waals surface area (Å²) < 4.78 is 5.87. The summed E-state index contributed by atoms with van der Waals surface area (Å²) in [6, 6.07) is 19.2. The second kappa shape index (κ2) is 8.15. The molecule has 0 radical (unpaired) electrons. The van der Waals surface area contributed by atoms with Crippen molar-refractivity contribution in [2.24, 2.45) is 4.99 Å².